The predicted octanol–water partition coefficient (Wildman–Crippen LogP) is 2.90. The topological polar surface area (TPSA) is 0 Å². The van der Waals surface area contributed by atoms with Gasteiger partial charge in [-0.15, -0.1) is 12.2 Å². The third-order valence-corrected chi connectivity index (χ3v) is 1.95. The van der Waals surface area contributed by atoms with Gasteiger partial charge < -0.3 is 0 Å². The third kappa shape index (κ3) is 2.55. The first-order valence-corrected chi connectivity index (χ1v) is 4.12. The molecule has 0 nitrogen and oxygen atoms in total. The van der Waals surface area contributed by atoms with Crippen LogP contribution in [0.4, 0.5) is 0 Å². The van der Waals surface area contributed by atoms with Crippen LogP contribution in [-0.2, 0) is 18.6 Å². The van der Waals surface area contributed by atoms with Gasteiger partial charge in [0.2, 0.25) is 0 Å². The van der Waals surface area contributed by atoms with Gasteiger partial charge in [0.1, 0.15) is 0 Å². The summed E-state index contributed by atoms with van der Waals surface area (Å²) in [6, 6.07) is 11.3. The second-order valence-corrected chi connectivity index (χ2v) is 2.81. The molecule has 0 amide bonds. The van der Waals surface area contributed by atoms with Crippen molar-refractivity contribution < 1.29 is 18.6 Å². The predicted molar refractivity (Wildman–Crippen MR) is 50.6 cm³/mol. The van der Waals surface area contributed by atoms with E-state index in [1.165, 1.54) is 5.56 Å². The molecule has 13 heavy (non-hydrogen) atoms. The van der Waals surface area contributed by atoms with Crippen LogP contribution in [0.1, 0.15) is 11.5 Å². The Bertz CT molecular complexity index is 298. The fraction of sp³-hybridized carbons (Fsp3) is 0.0833. The van der Waals surface area contributed by atoms with Gasteiger partial charge >= 0.3 is 18.6 Å². The molecule has 0 N–H and O–H groups in total. The van der Waals surface area contributed by atoms with E-state index in [-0.39, 0.29) is 18.6 Å². The standard InChI is InChI=1S/C12H10.V/c1-3-7-11(8-4-1)12-9-5-2-6-10-12;/h1-9,11H;/q-2;+2. The minimum absolute atomic E-state index is 0. The summed E-state index contributed by atoms with van der Waals surface area (Å²) in [6.07, 6.45) is 10.5. The molecule has 0 aromatic heterocycles. The number of hydrogen-bond donors (Lipinski definition) is 0. The smallest absolute Gasteiger partial charge is 0.227 e. The Morgan fingerprint density at radius 1 is 1.23 bits per heavy atom. The van der Waals surface area contributed by atoms with Crippen molar-refractivity contribution in [3.8, 4) is 0 Å². The van der Waals surface area contributed by atoms with E-state index in [1.807, 2.05) is 24.3 Å². The van der Waals surface area contributed by atoms with Gasteiger partial charge in [-0.2, -0.15) is 35.9 Å². The Morgan fingerprint density at radius 2 is 2.15 bits per heavy atom. The maximum Gasteiger partial charge on any atom is 2.00 e. The summed E-state index contributed by atoms with van der Waals surface area (Å²) < 4.78 is 0. The molecule has 1 heteroatoms. The van der Waals surface area contributed by atoms with Crippen molar-refractivity contribution >= 4 is 0 Å². The fourth-order valence-corrected chi connectivity index (χ4v) is 1.32. The Balaban J connectivity index is 0.000000845. The van der Waals surface area contributed by atoms with E-state index in [4.69, 9.17) is 0 Å². The molecule has 1 aliphatic carbocycles. The van der Waals surface area contributed by atoms with Crippen LogP contribution >= 0.6 is 0 Å². The maximum atomic E-state index is 3.22. The number of allylic oxidation sites excluding steroid dienone is 4. The number of benzene rings is 1. The van der Waals surface area contributed by atoms with Crippen molar-refractivity contribution in [2.45, 2.75) is 5.92 Å². The van der Waals surface area contributed by atoms with E-state index >= 15 is 0 Å². The maximum absolute atomic E-state index is 3.22. The summed E-state index contributed by atoms with van der Waals surface area (Å²) in [5.41, 5.74) is 1.23. The van der Waals surface area contributed by atoms with Gasteiger partial charge in [0, 0.05) is 0 Å². The van der Waals surface area contributed by atoms with E-state index < -0.39 is 0 Å². The summed E-state index contributed by atoms with van der Waals surface area (Å²) in [5, 5.41) is 0. The molecule has 1 atom stereocenters. The Morgan fingerprint density at radius 3 is 2.77 bits per heavy atom. The zero-order valence-electron chi connectivity index (χ0n) is 7.22. The average Bonchev–Trinajstić information content (AvgIpc) is 2.21. The zero-order chi connectivity index (χ0) is 8.23. The third-order valence-electron chi connectivity index (χ3n) is 1.95. The molecule has 1 aromatic carbocycles. The zero-order valence-corrected chi connectivity index (χ0v) is 8.62. The summed E-state index contributed by atoms with van der Waals surface area (Å²) in [4.78, 5) is 0. The molecule has 0 spiro atoms. The van der Waals surface area contributed by atoms with Gasteiger partial charge in [-0.3, -0.25) is 0 Å². The molecule has 0 heterocycles. The van der Waals surface area contributed by atoms with Crippen LogP contribution in [0.2, 0.25) is 0 Å². The second-order valence-electron chi connectivity index (χ2n) is 2.81. The molecule has 1 aromatic rings. The van der Waals surface area contributed by atoms with E-state index in [0.717, 1.165) is 0 Å². The molecule has 1 unspecified atom stereocenters. The molecule has 0 fully saturated rings. The first kappa shape index (κ1) is 10.2. The van der Waals surface area contributed by atoms with Crippen LogP contribution in [0.5, 0.6) is 0 Å². The van der Waals surface area contributed by atoms with Crippen LogP contribution in [0, 0.1) is 12.5 Å². The van der Waals surface area contributed by atoms with Crippen molar-refractivity contribution in [2.75, 3.05) is 0 Å². The van der Waals surface area contributed by atoms with Crippen molar-refractivity contribution in [3.05, 3.63) is 66.6 Å². The SMILES string of the molecule is [V+2].[c-]1ccccc1C1C=CC=C[CH-]1. The van der Waals surface area contributed by atoms with E-state index in [1.54, 1.807) is 0 Å². The summed E-state index contributed by atoms with van der Waals surface area (Å²) in [5.74, 6) is 0.413. The second kappa shape index (κ2) is 5.01. The average molecular weight is 205 g/mol. The molecule has 1 aliphatic rings. The summed E-state index contributed by atoms with van der Waals surface area (Å²) in [6.45, 7) is 0. The quantitative estimate of drug-likeness (QED) is 0.618. The van der Waals surface area contributed by atoms with Gasteiger partial charge in [0.25, 0.3) is 0 Å². The molecule has 0 aliphatic heterocycles. The number of rotatable bonds is 1. The Hall–Kier alpha value is -0.846. The van der Waals surface area contributed by atoms with Crippen LogP contribution in [-0.4, -0.2) is 0 Å². The Labute approximate surface area is 91.2 Å². The first-order chi connectivity index (χ1) is 5.97. The van der Waals surface area contributed by atoms with Gasteiger partial charge in [0.05, 0.1) is 0 Å². The van der Waals surface area contributed by atoms with Crippen molar-refractivity contribution in [1.29, 1.82) is 0 Å². The van der Waals surface area contributed by atoms with Crippen molar-refractivity contribution in [2.24, 2.45) is 0 Å². The van der Waals surface area contributed by atoms with E-state index in [0.29, 0.717) is 5.92 Å². The molecule has 0 saturated carbocycles. The molecule has 1 radical (unpaired) electrons. The number of hydrogen-bond acceptors (Lipinski definition) is 0. The van der Waals surface area contributed by atoms with Crippen LogP contribution in [0.15, 0.2) is 48.6 Å². The van der Waals surface area contributed by atoms with Gasteiger partial charge in [-0.25, -0.2) is 18.6 Å². The molecular formula is C12H10V. The van der Waals surface area contributed by atoms with Gasteiger partial charge in [0.15, 0.2) is 0 Å². The summed E-state index contributed by atoms with van der Waals surface area (Å²) in [7, 11) is 0. The Kier molecular flexibility index (Phi) is 3.94. The normalized spacial score (nSPS) is 18.9. The molecule has 2 rings (SSSR count). The molecule has 0 bridgehead atoms. The molecule has 63 valence electrons. The monoisotopic (exact) mass is 205 g/mol. The van der Waals surface area contributed by atoms with Crippen LogP contribution in [0.25, 0.3) is 0 Å². The van der Waals surface area contributed by atoms with E-state index in [2.05, 4.69) is 36.8 Å². The minimum atomic E-state index is 0. The van der Waals surface area contributed by atoms with Crippen LogP contribution in [0.3, 0.4) is 0 Å². The van der Waals surface area contributed by atoms with Crippen molar-refractivity contribution in [3.63, 3.8) is 0 Å². The van der Waals surface area contributed by atoms with Gasteiger partial charge in [-0.05, 0) is 0 Å². The van der Waals surface area contributed by atoms with Crippen LogP contribution < -0.4 is 0 Å². The summed E-state index contributed by atoms with van der Waals surface area (Å²) >= 11 is 0. The molecular weight excluding hydrogens is 195 g/mol. The molecule has 0 saturated heterocycles. The first-order valence-electron chi connectivity index (χ1n) is 4.12. The fourth-order valence-electron chi connectivity index (χ4n) is 1.32. The van der Waals surface area contributed by atoms with Gasteiger partial charge in [-0.1, -0.05) is 5.92 Å². The minimum Gasteiger partial charge on any atom is -0.227 e. The largest absolute Gasteiger partial charge is 2.00 e. The van der Waals surface area contributed by atoms with E-state index in [9.17, 15) is 0 Å². The van der Waals surface area contributed by atoms with Crippen molar-refractivity contribution in [1.82, 2.24) is 0 Å².